The number of non-ortho nitro benzene ring substituents is 1. The van der Waals surface area contributed by atoms with Gasteiger partial charge in [0.15, 0.2) is 6.10 Å². The van der Waals surface area contributed by atoms with Crippen LogP contribution in [0, 0.1) is 10.1 Å². The molecule has 0 radical (unpaired) electrons. The first-order valence-electron chi connectivity index (χ1n) is 12.2. The van der Waals surface area contributed by atoms with Crippen LogP contribution in [0.2, 0.25) is 0 Å². The minimum atomic E-state index is -2.03. The van der Waals surface area contributed by atoms with Gasteiger partial charge in [-0.25, -0.2) is 4.79 Å². The highest BCUT2D eigenvalue weighted by atomic mass is 32.2. The van der Waals surface area contributed by atoms with Crippen LogP contribution in [-0.2, 0) is 35.2 Å². The second-order valence-electron chi connectivity index (χ2n) is 9.07. The van der Waals surface area contributed by atoms with E-state index in [0.29, 0.717) is 10.5 Å². The van der Waals surface area contributed by atoms with Crippen molar-refractivity contribution in [2.24, 2.45) is 0 Å². The summed E-state index contributed by atoms with van der Waals surface area (Å²) in [6, 6.07) is 12.7. The summed E-state index contributed by atoms with van der Waals surface area (Å²) in [5, 5.41) is 45.6. The van der Waals surface area contributed by atoms with E-state index in [4.69, 9.17) is 14.2 Å². The zero-order chi connectivity index (χ0) is 29.4. The number of esters is 2. The van der Waals surface area contributed by atoms with Gasteiger partial charge in [0.05, 0.1) is 23.7 Å². The second kappa shape index (κ2) is 13.7. The van der Waals surface area contributed by atoms with E-state index in [0.717, 1.165) is 18.7 Å². The van der Waals surface area contributed by atoms with Crippen molar-refractivity contribution in [3.05, 3.63) is 70.3 Å². The predicted octanol–water partition coefficient (Wildman–Crippen LogP) is 1.07. The van der Waals surface area contributed by atoms with Gasteiger partial charge in [-0.1, -0.05) is 42.1 Å². The van der Waals surface area contributed by atoms with Crippen LogP contribution in [0.15, 0.2) is 59.5 Å². The Hall–Kier alpha value is -3.56. The van der Waals surface area contributed by atoms with E-state index in [1.54, 1.807) is 30.3 Å². The van der Waals surface area contributed by atoms with Gasteiger partial charge < -0.3 is 34.8 Å². The smallest absolute Gasteiger partial charge is 0.349 e. The molecule has 1 amide bonds. The molecule has 1 fully saturated rings. The van der Waals surface area contributed by atoms with E-state index in [1.165, 1.54) is 31.2 Å². The molecule has 0 aromatic heterocycles. The van der Waals surface area contributed by atoms with E-state index in [9.17, 15) is 39.8 Å². The lowest BCUT2D eigenvalue weighted by molar-refractivity contribution is -0.384. The summed E-state index contributed by atoms with van der Waals surface area (Å²) in [6.45, 7) is 1.25. The summed E-state index contributed by atoms with van der Waals surface area (Å²) in [7, 11) is 0. The third-order valence-corrected chi connectivity index (χ3v) is 7.28. The van der Waals surface area contributed by atoms with Crippen LogP contribution >= 0.6 is 11.8 Å². The monoisotopic (exact) mass is 578 g/mol. The number of carbonyl (C=O) groups is 3. The molecule has 6 atom stereocenters. The summed E-state index contributed by atoms with van der Waals surface area (Å²) < 4.78 is 16.7. The van der Waals surface area contributed by atoms with Gasteiger partial charge in [0.1, 0.15) is 18.8 Å². The largest absolute Gasteiger partial charge is 0.458 e. The number of amides is 1. The molecule has 14 heteroatoms. The number of thioether (sulfide) groups is 1. The maximum Gasteiger partial charge on any atom is 0.349 e. The zero-order valence-electron chi connectivity index (χ0n) is 21.7. The molecule has 0 spiro atoms. The Bertz CT molecular complexity index is 1200. The minimum Gasteiger partial charge on any atom is -0.458 e. The van der Waals surface area contributed by atoms with Gasteiger partial charge in [0, 0.05) is 37.3 Å². The molecule has 0 saturated carbocycles. The molecule has 1 aliphatic heterocycles. The molecule has 2 aromatic carbocycles. The Morgan fingerprint density at radius 3 is 2.38 bits per heavy atom. The van der Waals surface area contributed by atoms with Crippen LogP contribution in [0.25, 0.3) is 0 Å². The highest BCUT2D eigenvalue weighted by Gasteiger charge is 2.56. The molecule has 40 heavy (non-hydrogen) atoms. The van der Waals surface area contributed by atoms with E-state index >= 15 is 0 Å². The zero-order valence-corrected chi connectivity index (χ0v) is 22.5. The normalized spacial score (nSPS) is 23.9. The topological polar surface area (TPSA) is 195 Å². The molecule has 1 aliphatic rings. The van der Waals surface area contributed by atoms with Gasteiger partial charge in [-0.3, -0.25) is 19.7 Å². The molecule has 1 heterocycles. The SMILES string of the molecule is CC(=O)N[C@H]1[C@H]([C@H](O)[C@@H](CO)OC(C)=O)O[C@@](Sc2ccc([N+](=O)[O-])cc2)(C(=O)OCc2ccccc2)C[C@@H]1O. The summed E-state index contributed by atoms with van der Waals surface area (Å²) in [5.74, 6) is -2.34. The number of hydrogen-bond donors (Lipinski definition) is 4. The quantitative estimate of drug-likeness (QED) is 0.168. The van der Waals surface area contributed by atoms with Crippen molar-refractivity contribution in [2.75, 3.05) is 6.61 Å². The van der Waals surface area contributed by atoms with Gasteiger partial charge in [-0.15, -0.1) is 0 Å². The van der Waals surface area contributed by atoms with Crippen molar-refractivity contribution in [3.8, 4) is 0 Å². The Morgan fingerprint density at radius 2 is 1.82 bits per heavy atom. The van der Waals surface area contributed by atoms with Crippen molar-refractivity contribution in [3.63, 3.8) is 0 Å². The number of hydrogen-bond acceptors (Lipinski definition) is 12. The van der Waals surface area contributed by atoms with Crippen LogP contribution in [0.4, 0.5) is 5.69 Å². The molecule has 1 saturated heterocycles. The molecule has 3 rings (SSSR count). The lowest BCUT2D eigenvalue weighted by Gasteiger charge is -2.47. The van der Waals surface area contributed by atoms with Crippen molar-refractivity contribution < 1.29 is 48.8 Å². The molecule has 0 bridgehead atoms. The Morgan fingerprint density at radius 1 is 1.18 bits per heavy atom. The van der Waals surface area contributed by atoms with Crippen LogP contribution in [-0.4, -0.2) is 80.1 Å². The molecule has 0 unspecified atom stereocenters. The number of ether oxygens (including phenoxy) is 3. The van der Waals surface area contributed by atoms with E-state index in [-0.39, 0.29) is 12.3 Å². The molecule has 0 aliphatic carbocycles. The number of nitro benzene ring substituents is 1. The van der Waals surface area contributed by atoms with E-state index in [2.05, 4.69) is 5.32 Å². The Kier molecular flexibility index (Phi) is 10.6. The summed E-state index contributed by atoms with van der Waals surface area (Å²) in [6.07, 6.45) is -6.80. The lowest BCUT2D eigenvalue weighted by atomic mass is 9.89. The highest BCUT2D eigenvalue weighted by Crippen LogP contribution is 2.45. The van der Waals surface area contributed by atoms with Gasteiger partial charge in [0.25, 0.3) is 5.69 Å². The minimum absolute atomic E-state index is 0.156. The van der Waals surface area contributed by atoms with Crippen molar-refractivity contribution in [1.29, 1.82) is 0 Å². The number of benzene rings is 2. The number of carbonyl (C=O) groups excluding carboxylic acids is 3. The number of nitrogens with zero attached hydrogens (tertiary/aromatic N) is 1. The number of nitro groups is 1. The van der Waals surface area contributed by atoms with Gasteiger partial charge >= 0.3 is 11.9 Å². The van der Waals surface area contributed by atoms with Gasteiger partial charge in [-0.2, -0.15) is 0 Å². The maximum atomic E-state index is 13.6. The highest BCUT2D eigenvalue weighted by molar-refractivity contribution is 8.01. The third kappa shape index (κ3) is 7.76. The molecular formula is C26H30N2O11S. The first-order valence-corrected chi connectivity index (χ1v) is 13.0. The summed E-state index contributed by atoms with van der Waals surface area (Å²) in [4.78, 5) is 45.9. The first kappa shape index (κ1) is 31.0. The predicted molar refractivity (Wildman–Crippen MR) is 140 cm³/mol. The van der Waals surface area contributed by atoms with Crippen LogP contribution in [0.1, 0.15) is 25.8 Å². The molecule has 2 aromatic rings. The lowest BCUT2D eigenvalue weighted by Crippen LogP contribution is -2.66. The summed E-state index contributed by atoms with van der Waals surface area (Å²) in [5.41, 5.74) is 0.464. The van der Waals surface area contributed by atoms with Crippen LogP contribution < -0.4 is 5.32 Å². The van der Waals surface area contributed by atoms with Crippen molar-refractivity contribution >= 4 is 35.3 Å². The van der Waals surface area contributed by atoms with Crippen molar-refractivity contribution in [2.45, 2.75) is 67.2 Å². The molecular weight excluding hydrogens is 548 g/mol. The summed E-state index contributed by atoms with van der Waals surface area (Å²) >= 11 is 0.781. The number of nitrogens with one attached hydrogen (secondary N) is 1. The fourth-order valence-corrected chi connectivity index (χ4v) is 5.40. The Balaban J connectivity index is 2.02. The third-order valence-electron chi connectivity index (χ3n) is 6.01. The van der Waals surface area contributed by atoms with Crippen LogP contribution in [0.5, 0.6) is 0 Å². The molecule has 13 nitrogen and oxygen atoms in total. The molecule has 216 valence electrons. The van der Waals surface area contributed by atoms with E-state index < -0.39 is 71.2 Å². The fraction of sp³-hybridized carbons (Fsp3) is 0.423. The van der Waals surface area contributed by atoms with Crippen LogP contribution in [0.3, 0.4) is 0 Å². The first-order chi connectivity index (χ1) is 19.0. The maximum absolute atomic E-state index is 13.6. The number of aliphatic hydroxyl groups is 3. The van der Waals surface area contributed by atoms with Crippen molar-refractivity contribution in [1.82, 2.24) is 5.32 Å². The average Bonchev–Trinajstić information content (AvgIpc) is 2.91. The molecule has 4 N–H and O–H groups in total. The Labute approximate surface area is 233 Å². The van der Waals surface area contributed by atoms with E-state index in [1.807, 2.05) is 0 Å². The number of aliphatic hydroxyl groups excluding tert-OH is 3. The number of rotatable bonds is 11. The average molecular weight is 579 g/mol. The fourth-order valence-electron chi connectivity index (χ4n) is 4.20. The second-order valence-corrected chi connectivity index (χ2v) is 10.4. The van der Waals surface area contributed by atoms with Gasteiger partial charge in [0.2, 0.25) is 10.8 Å². The standard InChI is InChI=1S/C26H30N2O11S/c1-15(30)27-22-20(32)12-26(25(34)37-14-17-6-4-3-5-7-17,40-19-10-8-18(9-11-19)28(35)36)39-24(22)23(33)21(13-29)38-16(2)31/h3-11,20-24,29,32-33H,12-14H2,1-2H3,(H,27,30)/t20-,21+,22+,23+,24+,26-/m0/s1. The van der Waals surface area contributed by atoms with Gasteiger partial charge in [-0.05, 0) is 17.7 Å².